The molecule has 3 aromatic rings. The highest BCUT2D eigenvalue weighted by Crippen LogP contribution is 2.35. The van der Waals surface area contributed by atoms with Gasteiger partial charge in [0.1, 0.15) is 5.75 Å². The molecule has 1 aromatic heterocycles. The van der Waals surface area contributed by atoms with E-state index in [0.29, 0.717) is 31.2 Å². The molecule has 1 heterocycles. The van der Waals surface area contributed by atoms with Gasteiger partial charge in [0.25, 0.3) is 5.56 Å². The number of aromatic amines is 1. The normalized spacial score (nSPS) is 12.3. The average molecular weight is 539 g/mol. The first-order chi connectivity index (χ1) is 14.3. The molecular formula is C20H17Br2N3O5. The molecule has 0 saturated carbocycles. The third-order valence-corrected chi connectivity index (χ3v) is 5.22. The third-order valence-electron chi connectivity index (χ3n) is 4.04. The van der Waals surface area contributed by atoms with Gasteiger partial charge in [0.2, 0.25) is 0 Å². The molecule has 8 nitrogen and oxygen atoms in total. The van der Waals surface area contributed by atoms with Gasteiger partial charge in [0.05, 0.1) is 32.7 Å². The highest BCUT2D eigenvalue weighted by atomic mass is 79.9. The molecule has 0 aliphatic heterocycles. The number of ether oxygens (including phenoxy) is 2. The van der Waals surface area contributed by atoms with E-state index in [4.69, 9.17) is 9.47 Å². The summed E-state index contributed by atoms with van der Waals surface area (Å²) in [5.41, 5.74) is -0.130. The van der Waals surface area contributed by atoms with Gasteiger partial charge in [-0.2, -0.15) is 5.10 Å². The zero-order chi connectivity index (χ0) is 21.8. The lowest BCUT2D eigenvalue weighted by Gasteiger charge is -2.16. The highest BCUT2D eigenvalue weighted by molar-refractivity contribution is 9.11. The molecule has 0 spiro atoms. The zero-order valence-electron chi connectivity index (χ0n) is 16.0. The summed E-state index contributed by atoms with van der Waals surface area (Å²) in [7, 11) is 0. The largest absolute Gasteiger partial charge is 0.477 e. The number of carbonyl (C=O) groups is 1. The number of benzene rings is 2. The third kappa shape index (κ3) is 4.71. The first-order valence-electron chi connectivity index (χ1n) is 8.92. The molecule has 0 aliphatic carbocycles. The Labute approximate surface area is 187 Å². The number of para-hydroxylation sites is 1. The fraction of sp³-hybridized carbons (Fsp3) is 0.200. The quantitative estimate of drug-likeness (QED) is 0.382. The molecule has 3 rings (SSSR count). The molecule has 156 valence electrons. The van der Waals surface area contributed by atoms with Gasteiger partial charge in [-0.3, -0.25) is 4.79 Å². The van der Waals surface area contributed by atoms with Gasteiger partial charge < -0.3 is 14.5 Å². The second-order valence-corrected chi connectivity index (χ2v) is 7.87. The van der Waals surface area contributed by atoms with E-state index in [1.807, 2.05) is 0 Å². The second kappa shape index (κ2) is 9.40. The molecule has 1 atom stereocenters. The van der Waals surface area contributed by atoms with Crippen LogP contribution >= 0.6 is 31.9 Å². The number of nitrogens with zero attached hydrogens (tertiary/aromatic N) is 2. The Hall–Kier alpha value is -2.72. The monoisotopic (exact) mass is 537 g/mol. The molecule has 10 heteroatoms. The lowest BCUT2D eigenvalue weighted by atomic mass is 10.2. The van der Waals surface area contributed by atoms with Gasteiger partial charge in [0.15, 0.2) is 6.10 Å². The summed E-state index contributed by atoms with van der Waals surface area (Å²) >= 11 is 6.79. The van der Waals surface area contributed by atoms with Crippen LogP contribution in [0, 0.1) is 0 Å². The maximum Gasteiger partial charge on any atom is 0.349 e. The zero-order valence-corrected chi connectivity index (χ0v) is 19.2. The van der Waals surface area contributed by atoms with Crippen molar-refractivity contribution in [3.8, 4) is 5.75 Å². The number of carbonyl (C=O) groups excluding carboxylic acids is 1. The Morgan fingerprint density at radius 2 is 1.90 bits per heavy atom. The van der Waals surface area contributed by atoms with E-state index in [2.05, 4.69) is 41.9 Å². The minimum absolute atomic E-state index is 0.261. The molecule has 30 heavy (non-hydrogen) atoms. The van der Waals surface area contributed by atoms with Gasteiger partial charge >= 0.3 is 11.7 Å². The molecule has 0 unspecified atom stereocenters. The molecular weight excluding hydrogens is 522 g/mol. The molecule has 0 bridgehead atoms. The van der Waals surface area contributed by atoms with Crippen molar-refractivity contribution in [1.82, 2.24) is 9.66 Å². The molecule has 0 aliphatic rings. The van der Waals surface area contributed by atoms with Crippen molar-refractivity contribution in [3.63, 3.8) is 0 Å². The lowest BCUT2D eigenvalue weighted by Crippen LogP contribution is -2.32. The number of hydrogen-bond acceptors (Lipinski definition) is 6. The fourth-order valence-corrected chi connectivity index (χ4v) is 4.04. The number of halogens is 2. The van der Waals surface area contributed by atoms with Crippen LogP contribution < -0.4 is 16.0 Å². The van der Waals surface area contributed by atoms with Crippen LogP contribution in [0.2, 0.25) is 0 Å². The number of H-pyrrole nitrogens is 1. The van der Waals surface area contributed by atoms with E-state index in [-0.39, 0.29) is 6.61 Å². The topological polar surface area (TPSA) is 103 Å². The number of fused-ring (bicyclic) bond motifs is 1. The van der Waals surface area contributed by atoms with E-state index in [0.717, 1.165) is 4.68 Å². The van der Waals surface area contributed by atoms with Crippen LogP contribution in [0.25, 0.3) is 10.9 Å². The number of rotatable bonds is 6. The molecule has 1 N–H and O–H groups in total. The molecule has 0 amide bonds. The highest BCUT2D eigenvalue weighted by Gasteiger charge is 2.19. The van der Waals surface area contributed by atoms with Crippen molar-refractivity contribution in [3.05, 3.63) is 71.7 Å². The standard InChI is InChI=1S/C20H17Br2N3O5/c1-3-29-19(27)11(2)30-17-14(21)8-12(9-15(17)22)10-23-25-18(26)13-6-4-5-7-16(13)24-20(25)28/h4-11H,3H2,1-2H3,(H,24,28)/t11-/m0/s1. The van der Waals surface area contributed by atoms with E-state index in [1.54, 1.807) is 50.2 Å². The maximum absolute atomic E-state index is 12.5. The summed E-state index contributed by atoms with van der Waals surface area (Å²) in [5.74, 6) is -0.0646. The van der Waals surface area contributed by atoms with Crippen LogP contribution in [-0.2, 0) is 9.53 Å². The number of esters is 1. The van der Waals surface area contributed by atoms with Crippen LogP contribution in [0.1, 0.15) is 19.4 Å². The summed E-state index contributed by atoms with van der Waals surface area (Å²) in [6.45, 7) is 3.57. The van der Waals surface area contributed by atoms with Crippen LogP contribution in [0.4, 0.5) is 0 Å². The van der Waals surface area contributed by atoms with E-state index >= 15 is 0 Å². The van der Waals surface area contributed by atoms with Crippen molar-refractivity contribution in [2.24, 2.45) is 5.10 Å². The second-order valence-electron chi connectivity index (χ2n) is 6.16. The summed E-state index contributed by atoms with van der Waals surface area (Å²) < 4.78 is 12.5. The fourth-order valence-electron chi connectivity index (χ4n) is 2.63. The summed E-state index contributed by atoms with van der Waals surface area (Å²) in [4.78, 5) is 39.2. The molecule has 0 fully saturated rings. The van der Waals surface area contributed by atoms with Crippen molar-refractivity contribution in [2.45, 2.75) is 20.0 Å². The predicted octanol–water partition coefficient (Wildman–Crippen LogP) is 3.43. The first kappa shape index (κ1) is 22.0. The Bertz CT molecular complexity index is 1230. The van der Waals surface area contributed by atoms with Crippen molar-refractivity contribution >= 4 is 54.9 Å². The van der Waals surface area contributed by atoms with E-state index in [1.165, 1.54) is 6.21 Å². The Morgan fingerprint density at radius 1 is 1.23 bits per heavy atom. The lowest BCUT2D eigenvalue weighted by molar-refractivity contribution is -0.150. The van der Waals surface area contributed by atoms with Crippen molar-refractivity contribution in [2.75, 3.05) is 6.61 Å². The Kier molecular flexibility index (Phi) is 6.88. The van der Waals surface area contributed by atoms with Crippen LogP contribution in [0.15, 0.2) is 60.0 Å². The minimum atomic E-state index is -0.799. The van der Waals surface area contributed by atoms with E-state index < -0.39 is 23.3 Å². The van der Waals surface area contributed by atoms with Crippen LogP contribution in [0.5, 0.6) is 5.75 Å². The predicted molar refractivity (Wildman–Crippen MR) is 120 cm³/mol. The molecule has 2 aromatic carbocycles. The van der Waals surface area contributed by atoms with Crippen molar-refractivity contribution in [1.29, 1.82) is 0 Å². The van der Waals surface area contributed by atoms with Gasteiger partial charge in [-0.05, 0) is 75.5 Å². The maximum atomic E-state index is 12.5. The average Bonchev–Trinajstić information content (AvgIpc) is 2.70. The SMILES string of the molecule is CCOC(=O)[C@H](C)Oc1c(Br)cc(C=Nn2c(=O)[nH]c3ccccc3c2=O)cc1Br. The van der Waals surface area contributed by atoms with Gasteiger partial charge in [0, 0.05) is 0 Å². The number of hydrogen-bond donors (Lipinski definition) is 1. The molecule has 0 saturated heterocycles. The van der Waals surface area contributed by atoms with Gasteiger partial charge in [-0.15, -0.1) is 4.68 Å². The first-order valence-corrected chi connectivity index (χ1v) is 10.5. The Balaban J connectivity index is 1.91. The number of aromatic nitrogens is 2. The Morgan fingerprint density at radius 3 is 2.57 bits per heavy atom. The van der Waals surface area contributed by atoms with Gasteiger partial charge in [-0.25, -0.2) is 9.59 Å². The summed E-state index contributed by atoms with van der Waals surface area (Å²) in [6, 6.07) is 10.1. The van der Waals surface area contributed by atoms with Gasteiger partial charge in [-0.1, -0.05) is 12.1 Å². The van der Waals surface area contributed by atoms with E-state index in [9.17, 15) is 14.4 Å². The van der Waals surface area contributed by atoms with Crippen LogP contribution in [0.3, 0.4) is 0 Å². The van der Waals surface area contributed by atoms with Crippen LogP contribution in [-0.4, -0.2) is 34.6 Å². The smallest absolute Gasteiger partial charge is 0.349 e. The molecule has 0 radical (unpaired) electrons. The minimum Gasteiger partial charge on any atom is -0.477 e. The summed E-state index contributed by atoms with van der Waals surface area (Å²) in [5, 5.41) is 4.38. The summed E-state index contributed by atoms with van der Waals surface area (Å²) in [6.07, 6.45) is 0.575. The number of nitrogens with one attached hydrogen (secondary N) is 1. The van der Waals surface area contributed by atoms with Crippen molar-refractivity contribution < 1.29 is 14.3 Å².